The van der Waals surface area contributed by atoms with Gasteiger partial charge >= 0.3 is 6.03 Å². The third-order valence-corrected chi connectivity index (χ3v) is 5.73. The summed E-state index contributed by atoms with van der Waals surface area (Å²) in [6, 6.07) is 0.552. The van der Waals surface area contributed by atoms with Crippen LogP contribution in [-0.4, -0.2) is 52.5 Å². The summed E-state index contributed by atoms with van der Waals surface area (Å²) in [6.07, 6.45) is 10.4. The first kappa shape index (κ1) is 15.5. The number of nitrogens with one attached hydrogen (secondary N) is 2. The molecule has 1 aromatic heterocycles. The second kappa shape index (κ2) is 6.81. The van der Waals surface area contributed by atoms with E-state index in [1.165, 1.54) is 6.42 Å². The van der Waals surface area contributed by atoms with Crippen LogP contribution < -0.4 is 15.5 Å². The summed E-state index contributed by atoms with van der Waals surface area (Å²) in [4.78, 5) is 14.4. The van der Waals surface area contributed by atoms with E-state index in [-0.39, 0.29) is 12.1 Å². The maximum atomic E-state index is 12.1. The molecule has 2 N–H and O–H groups in total. The second-order valence-electron chi connectivity index (χ2n) is 6.29. The van der Waals surface area contributed by atoms with Crippen LogP contribution in [0.3, 0.4) is 0 Å². The fraction of sp³-hybridized carbons (Fsp3) is 0.733. The van der Waals surface area contributed by atoms with E-state index < -0.39 is 0 Å². The average Bonchev–Trinajstić information content (AvgIpc) is 3.19. The molecule has 6 nitrogen and oxygen atoms in total. The number of carbonyl (C=O) groups is 1. The van der Waals surface area contributed by atoms with Crippen LogP contribution in [0.1, 0.15) is 25.7 Å². The number of urea groups is 1. The molecule has 0 radical (unpaired) electrons. The average molecular weight is 323 g/mol. The number of rotatable bonds is 4. The Morgan fingerprint density at radius 2 is 2.14 bits per heavy atom. The van der Waals surface area contributed by atoms with Crippen LogP contribution in [0.15, 0.2) is 12.4 Å². The molecule has 3 rings (SSSR count). The number of carbonyl (C=O) groups excluding carboxylic acids is 1. The molecule has 1 aliphatic heterocycles. The van der Waals surface area contributed by atoms with Gasteiger partial charge in [-0.3, -0.25) is 4.68 Å². The lowest BCUT2D eigenvalue weighted by Gasteiger charge is -2.19. The van der Waals surface area contributed by atoms with Crippen LogP contribution in [0, 0.1) is 0 Å². The fourth-order valence-corrected chi connectivity index (χ4v) is 4.18. The lowest BCUT2D eigenvalue weighted by Crippen LogP contribution is -2.46. The standard InChI is InChI=1S/C15H25N5OS/c1-19-10-13(8-16-19)20-6-5-12(9-20)18-15(21)17-11-3-4-14(7-11)22-2/h8,10-12,14H,3-7,9H2,1-2H3,(H2,17,18,21)/t11-,12+,14-/m1/s1. The zero-order valence-corrected chi connectivity index (χ0v) is 14.1. The van der Waals surface area contributed by atoms with Crippen molar-refractivity contribution < 1.29 is 4.79 Å². The fourth-order valence-electron chi connectivity index (χ4n) is 3.38. The van der Waals surface area contributed by atoms with Gasteiger partial charge in [0.2, 0.25) is 0 Å². The van der Waals surface area contributed by atoms with Crippen LogP contribution in [0.25, 0.3) is 0 Å². The molecule has 1 saturated carbocycles. The lowest BCUT2D eigenvalue weighted by molar-refractivity contribution is 0.234. The molecule has 7 heteroatoms. The van der Waals surface area contributed by atoms with Gasteiger partial charge in [0.05, 0.1) is 11.9 Å². The molecule has 1 aliphatic carbocycles. The predicted octanol–water partition coefficient (Wildman–Crippen LogP) is 1.58. The Hall–Kier alpha value is -1.37. The largest absolute Gasteiger partial charge is 0.367 e. The highest BCUT2D eigenvalue weighted by Crippen LogP contribution is 2.28. The van der Waals surface area contributed by atoms with Gasteiger partial charge in [-0.05, 0) is 31.9 Å². The van der Waals surface area contributed by atoms with E-state index in [1.807, 2.05) is 35.9 Å². The first-order valence-electron chi connectivity index (χ1n) is 7.97. The highest BCUT2D eigenvalue weighted by atomic mass is 32.2. The van der Waals surface area contributed by atoms with Crippen LogP contribution in [0.2, 0.25) is 0 Å². The SMILES string of the molecule is CS[C@@H]1CC[C@@H](NC(=O)N[C@H]2CCN(c3cnn(C)c3)C2)C1. The highest BCUT2D eigenvalue weighted by Gasteiger charge is 2.28. The molecule has 1 saturated heterocycles. The third kappa shape index (κ3) is 3.69. The molecular formula is C15H25N5OS. The first-order valence-corrected chi connectivity index (χ1v) is 9.26. The molecule has 0 aromatic carbocycles. The summed E-state index contributed by atoms with van der Waals surface area (Å²) in [5.41, 5.74) is 1.13. The molecular weight excluding hydrogens is 298 g/mol. The summed E-state index contributed by atoms with van der Waals surface area (Å²) in [6.45, 7) is 1.83. The van der Waals surface area contributed by atoms with Crippen molar-refractivity contribution in [1.29, 1.82) is 0 Å². The Morgan fingerprint density at radius 1 is 1.32 bits per heavy atom. The minimum Gasteiger partial charge on any atom is -0.367 e. The van der Waals surface area contributed by atoms with Crippen LogP contribution >= 0.6 is 11.8 Å². The van der Waals surface area contributed by atoms with E-state index in [9.17, 15) is 4.79 Å². The smallest absolute Gasteiger partial charge is 0.315 e. The van der Waals surface area contributed by atoms with Crippen LogP contribution in [0.5, 0.6) is 0 Å². The van der Waals surface area contributed by atoms with Crippen molar-refractivity contribution in [3.8, 4) is 0 Å². The molecule has 2 aliphatic rings. The molecule has 3 atom stereocenters. The van der Waals surface area contributed by atoms with E-state index in [4.69, 9.17) is 0 Å². The molecule has 0 bridgehead atoms. The normalized spacial score (nSPS) is 28.1. The lowest BCUT2D eigenvalue weighted by atomic mass is 10.2. The van der Waals surface area contributed by atoms with E-state index in [0.29, 0.717) is 11.3 Å². The second-order valence-corrected chi connectivity index (χ2v) is 7.43. The van der Waals surface area contributed by atoms with Gasteiger partial charge in [0.15, 0.2) is 0 Å². The monoisotopic (exact) mass is 323 g/mol. The summed E-state index contributed by atoms with van der Waals surface area (Å²) in [7, 11) is 1.92. The minimum absolute atomic E-state index is 0.00945. The number of hydrogen-bond donors (Lipinski definition) is 2. The Kier molecular flexibility index (Phi) is 4.81. The van der Waals surface area contributed by atoms with E-state index in [2.05, 4.69) is 26.9 Å². The minimum atomic E-state index is -0.00945. The van der Waals surface area contributed by atoms with E-state index in [0.717, 1.165) is 38.0 Å². The molecule has 1 aromatic rings. The Labute approximate surface area is 136 Å². The molecule has 0 unspecified atom stereocenters. The third-order valence-electron chi connectivity index (χ3n) is 4.63. The van der Waals surface area contributed by atoms with Crippen molar-refractivity contribution in [3.63, 3.8) is 0 Å². The number of nitrogens with zero attached hydrogens (tertiary/aromatic N) is 3. The van der Waals surface area contributed by atoms with Crippen molar-refractivity contribution in [2.24, 2.45) is 7.05 Å². The topological polar surface area (TPSA) is 62.2 Å². The van der Waals surface area contributed by atoms with Gasteiger partial charge in [-0.1, -0.05) is 0 Å². The van der Waals surface area contributed by atoms with Gasteiger partial charge in [-0.15, -0.1) is 0 Å². The van der Waals surface area contributed by atoms with E-state index in [1.54, 1.807) is 0 Å². The van der Waals surface area contributed by atoms with Gasteiger partial charge in [0, 0.05) is 43.7 Å². The summed E-state index contributed by atoms with van der Waals surface area (Å²) in [5.74, 6) is 0. The molecule has 0 spiro atoms. The maximum Gasteiger partial charge on any atom is 0.315 e. The van der Waals surface area contributed by atoms with Crippen molar-refractivity contribution in [2.45, 2.75) is 43.0 Å². The molecule has 22 heavy (non-hydrogen) atoms. The Balaban J connectivity index is 1.43. The van der Waals surface area contributed by atoms with Gasteiger partial charge in [-0.25, -0.2) is 4.79 Å². The van der Waals surface area contributed by atoms with Crippen molar-refractivity contribution in [3.05, 3.63) is 12.4 Å². The summed E-state index contributed by atoms with van der Waals surface area (Å²) >= 11 is 1.91. The van der Waals surface area contributed by atoms with Gasteiger partial charge in [0.25, 0.3) is 0 Å². The van der Waals surface area contributed by atoms with Gasteiger partial charge in [-0.2, -0.15) is 16.9 Å². The number of thioether (sulfide) groups is 1. The maximum absolute atomic E-state index is 12.1. The zero-order valence-electron chi connectivity index (χ0n) is 13.3. The van der Waals surface area contributed by atoms with Crippen LogP contribution in [0.4, 0.5) is 10.5 Å². The van der Waals surface area contributed by atoms with Gasteiger partial charge in [0.1, 0.15) is 0 Å². The first-order chi connectivity index (χ1) is 10.6. The van der Waals surface area contributed by atoms with Crippen molar-refractivity contribution in [2.75, 3.05) is 24.2 Å². The number of aryl methyl sites for hydroxylation is 1. The molecule has 2 heterocycles. The number of anilines is 1. The predicted molar refractivity (Wildman–Crippen MR) is 90.4 cm³/mol. The quantitative estimate of drug-likeness (QED) is 0.883. The number of hydrogen-bond acceptors (Lipinski definition) is 4. The van der Waals surface area contributed by atoms with Crippen molar-refractivity contribution in [1.82, 2.24) is 20.4 Å². The molecule has 2 fully saturated rings. The number of amides is 2. The molecule has 2 amide bonds. The number of aromatic nitrogens is 2. The van der Waals surface area contributed by atoms with Gasteiger partial charge < -0.3 is 15.5 Å². The molecule has 122 valence electrons. The Morgan fingerprint density at radius 3 is 2.82 bits per heavy atom. The summed E-state index contributed by atoms with van der Waals surface area (Å²) in [5, 5.41) is 11.2. The van der Waals surface area contributed by atoms with E-state index >= 15 is 0 Å². The van der Waals surface area contributed by atoms with Crippen molar-refractivity contribution >= 4 is 23.5 Å². The Bertz CT molecular complexity index is 520. The highest BCUT2D eigenvalue weighted by molar-refractivity contribution is 7.99. The zero-order chi connectivity index (χ0) is 15.5. The summed E-state index contributed by atoms with van der Waals surface area (Å²) < 4.78 is 1.81. The van der Waals surface area contributed by atoms with Crippen LogP contribution in [-0.2, 0) is 7.05 Å².